The average molecular weight is 471 g/mol. The van der Waals surface area contributed by atoms with Crippen LogP contribution in [0.25, 0.3) is 16.9 Å². The summed E-state index contributed by atoms with van der Waals surface area (Å²) >= 11 is 6.13. The van der Waals surface area contributed by atoms with Crippen molar-refractivity contribution in [3.8, 4) is 23.0 Å². The number of para-hydroxylation sites is 1. The second-order valence-corrected chi connectivity index (χ2v) is 9.86. The molecule has 5 rings (SSSR count). The summed E-state index contributed by atoms with van der Waals surface area (Å²) in [5.41, 5.74) is 9.74. The SMILES string of the molecule is CC1(C)CC(=O)C2=C(C1)OC(N)=C(C#N)[C@@H]2c1cn(-c2ccccc2)nc1-c1ccc(Cl)cc1. The summed E-state index contributed by atoms with van der Waals surface area (Å²) in [7, 11) is 0. The Bertz CT molecular complexity index is 1390. The zero-order chi connectivity index (χ0) is 24.0. The van der Waals surface area contributed by atoms with Crippen molar-refractivity contribution >= 4 is 17.4 Å². The Morgan fingerprint density at radius 2 is 1.85 bits per heavy atom. The van der Waals surface area contributed by atoms with Gasteiger partial charge in [-0.25, -0.2) is 4.68 Å². The van der Waals surface area contributed by atoms with E-state index in [1.165, 1.54) is 0 Å². The molecule has 0 unspecified atom stereocenters. The molecule has 0 bridgehead atoms. The summed E-state index contributed by atoms with van der Waals surface area (Å²) in [6.07, 6.45) is 2.80. The van der Waals surface area contributed by atoms with Crippen molar-refractivity contribution in [3.63, 3.8) is 0 Å². The second kappa shape index (κ2) is 8.19. The number of Topliss-reactive ketones (excluding diaryl/α,β-unsaturated/α-hetero) is 1. The van der Waals surface area contributed by atoms with Crippen LogP contribution >= 0.6 is 11.6 Å². The Morgan fingerprint density at radius 3 is 2.53 bits per heavy atom. The van der Waals surface area contributed by atoms with Gasteiger partial charge in [0, 0.05) is 40.8 Å². The van der Waals surface area contributed by atoms with Crippen LogP contribution in [-0.2, 0) is 9.53 Å². The number of nitrogens with zero attached hydrogens (tertiary/aromatic N) is 3. The number of rotatable bonds is 3. The molecule has 34 heavy (non-hydrogen) atoms. The molecule has 1 aromatic heterocycles. The maximum Gasteiger partial charge on any atom is 0.205 e. The van der Waals surface area contributed by atoms with Gasteiger partial charge in [-0.2, -0.15) is 10.4 Å². The standard InChI is InChI=1S/C27H23ClN4O2/c1-27(2)12-21(33)24-22(13-27)34-26(30)19(14-29)23(24)20-15-32(18-6-4-3-5-7-18)31-25(20)16-8-10-17(28)11-9-16/h3-11,15,23H,12-13,30H2,1-2H3/t23-/m1/s1. The first kappa shape index (κ1) is 22.0. The Kier molecular flexibility index (Phi) is 5.30. The molecular weight excluding hydrogens is 448 g/mol. The number of allylic oxidation sites excluding steroid dienone is 3. The van der Waals surface area contributed by atoms with E-state index in [2.05, 4.69) is 6.07 Å². The number of benzene rings is 2. The Morgan fingerprint density at radius 1 is 1.15 bits per heavy atom. The first-order chi connectivity index (χ1) is 16.3. The minimum absolute atomic E-state index is 0.0336. The molecule has 2 aromatic carbocycles. The summed E-state index contributed by atoms with van der Waals surface area (Å²) in [6.45, 7) is 4.05. The Balaban J connectivity index is 1.76. The molecule has 2 N–H and O–H groups in total. The van der Waals surface area contributed by atoms with Crippen molar-refractivity contribution in [3.05, 3.63) is 94.2 Å². The first-order valence-corrected chi connectivity index (χ1v) is 11.4. The largest absolute Gasteiger partial charge is 0.444 e. The number of hydrogen-bond donors (Lipinski definition) is 1. The molecule has 1 atom stereocenters. The second-order valence-electron chi connectivity index (χ2n) is 9.42. The van der Waals surface area contributed by atoms with Crippen molar-refractivity contribution in [2.24, 2.45) is 11.1 Å². The van der Waals surface area contributed by atoms with E-state index in [-0.39, 0.29) is 22.7 Å². The zero-order valence-electron chi connectivity index (χ0n) is 18.9. The van der Waals surface area contributed by atoms with E-state index in [1.54, 1.807) is 16.8 Å². The van der Waals surface area contributed by atoms with E-state index in [1.807, 2.05) is 62.5 Å². The number of halogens is 1. The Labute approximate surface area is 202 Å². The van der Waals surface area contributed by atoms with Gasteiger partial charge in [-0.3, -0.25) is 4.79 Å². The highest BCUT2D eigenvalue weighted by atomic mass is 35.5. The van der Waals surface area contributed by atoms with Gasteiger partial charge in [-0.1, -0.05) is 55.8 Å². The normalized spacial score (nSPS) is 19.5. The van der Waals surface area contributed by atoms with E-state index < -0.39 is 5.92 Å². The average Bonchev–Trinajstić information content (AvgIpc) is 3.23. The molecule has 6 nitrogen and oxygen atoms in total. The number of nitrogens with two attached hydrogens (primary N) is 1. The van der Waals surface area contributed by atoms with Gasteiger partial charge in [0.05, 0.1) is 17.3 Å². The van der Waals surface area contributed by atoms with E-state index in [9.17, 15) is 10.1 Å². The van der Waals surface area contributed by atoms with Gasteiger partial charge in [0.2, 0.25) is 5.88 Å². The van der Waals surface area contributed by atoms with E-state index in [0.717, 1.165) is 16.8 Å². The monoisotopic (exact) mass is 470 g/mol. The molecule has 2 heterocycles. The highest BCUT2D eigenvalue weighted by Gasteiger charge is 2.44. The summed E-state index contributed by atoms with van der Waals surface area (Å²) in [5.74, 6) is -0.130. The topological polar surface area (TPSA) is 93.9 Å². The van der Waals surface area contributed by atoms with E-state index in [0.29, 0.717) is 34.9 Å². The fourth-order valence-electron chi connectivity index (χ4n) is 4.74. The van der Waals surface area contributed by atoms with Gasteiger partial charge in [-0.05, 0) is 29.7 Å². The van der Waals surface area contributed by atoms with Crippen LogP contribution in [0.2, 0.25) is 5.02 Å². The van der Waals surface area contributed by atoms with Crippen molar-refractivity contribution in [1.29, 1.82) is 5.26 Å². The highest BCUT2D eigenvalue weighted by Crippen LogP contribution is 2.49. The molecular formula is C27H23ClN4O2. The number of carbonyl (C=O) groups excluding carboxylic acids is 1. The smallest absolute Gasteiger partial charge is 0.205 e. The fourth-order valence-corrected chi connectivity index (χ4v) is 4.87. The molecule has 3 aromatic rings. The predicted molar refractivity (Wildman–Crippen MR) is 130 cm³/mol. The lowest BCUT2D eigenvalue weighted by molar-refractivity contribution is -0.119. The van der Waals surface area contributed by atoms with Gasteiger partial charge in [0.1, 0.15) is 17.4 Å². The van der Waals surface area contributed by atoms with Crippen LogP contribution in [0.15, 0.2) is 83.6 Å². The van der Waals surface area contributed by atoms with Crippen LogP contribution in [0, 0.1) is 16.7 Å². The van der Waals surface area contributed by atoms with Crippen molar-refractivity contribution in [2.75, 3.05) is 0 Å². The molecule has 0 fully saturated rings. The molecule has 170 valence electrons. The summed E-state index contributed by atoms with van der Waals surface area (Å²) in [5, 5.41) is 15.5. The molecule has 0 spiro atoms. The van der Waals surface area contributed by atoms with Crippen molar-refractivity contribution in [2.45, 2.75) is 32.6 Å². The number of ketones is 1. The predicted octanol–water partition coefficient (Wildman–Crippen LogP) is 5.64. The lowest BCUT2D eigenvalue weighted by Gasteiger charge is -2.37. The third-order valence-corrected chi connectivity index (χ3v) is 6.52. The molecule has 7 heteroatoms. The molecule has 0 amide bonds. The number of hydrogen-bond acceptors (Lipinski definition) is 5. The summed E-state index contributed by atoms with van der Waals surface area (Å²) in [6, 6.07) is 19.2. The van der Waals surface area contributed by atoms with Gasteiger partial charge >= 0.3 is 0 Å². The molecule has 1 aliphatic heterocycles. The van der Waals surface area contributed by atoms with Crippen LogP contribution in [0.5, 0.6) is 0 Å². The summed E-state index contributed by atoms with van der Waals surface area (Å²) in [4.78, 5) is 13.4. The molecule has 0 saturated heterocycles. The zero-order valence-corrected chi connectivity index (χ0v) is 19.6. The lowest BCUT2D eigenvalue weighted by atomic mass is 9.70. The minimum atomic E-state index is -0.666. The van der Waals surface area contributed by atoms with Crippen LogP contribution in [-0.4, -0.2) is 15.6 Å². The minimum Gasteiger partial charge on any atom is -0.444 e. The maximum absolute atomic E-state index is 13.4. The molecule has 2 aliphatic rings. The number of carbonyl (C=O) groups is 1. The first-order valence-electron chi connectivity index (χ1n) is 11.0. The molecule has 0 saturated carbocycles. The van der Waals surface area contributed by atoms with Gasteiger partial charge < -0.3 is 10.5 Å². The van der Waals surface area contributed by atoms with Gasteiger partial charge in [-0.15, -0.1) is 0 Å². The van der Waals surface area contributed by atoms with Crippen LogP contribution < -0.4 is 5.73 Å². The van der Waals surface area contributed by atoms with Crippen LogP contribution in [0.4, 0.5) is 0 Å². The van der Waals surface area contributed by atoms with Crippen molar-refractivity contribution < 1.29 is 9.53 Å². The number of ether oxygens (including phenoxy) is 1. The third kappa shape index (κ3) is 3.78. The molecule has 1 aliphatic carbocycles. The third-order valence-electron chi connectivity index (χ3n) is 6.27. The van der Waals surface area contributed by atoms with Gasteiger partial charge in [0.15, 0.2) is 5.78 Å². The highest BCUT2D eigenvalue weighted by molar-refractivity contribution is 6.30. The Hall–Kier alpha value is -3.82. The molecule has 0 radical (unpaired) electrons. The number of nitriles is 1. The van der Waals surface area contributed by atoms with Gasteiger partial charge in [0.25, 0.3) is 0 Å². The van der Waals surface area contributed by atoms with Crippen LogP contribution in [0.3, 0.4) is 0 Å². The number of aromatic nitrogens is 2. The summed E-state index contributed by atoms with van der Waals surface area (Å²) < 4.78 is 7.61. The van der Waals surface area contributed by atoms with E-state index in [4.69, 9.17) is 27.2 Å². The maximum atomic E-state index is 13.4. The quantitative estimate of drug-likeness (QED) is 0.534. The lowest BCUT2D eigenvalue weighted by Crippen LogP contribution is -2.33. The van der Waals surface area contributed by atoms with Crippen molar-refractivity contribution in [1.82, 2.24) is 9.78 Å². The van der Waals surface area contributed by atoms with E-state index >= 15 is 0 Å². The fraction of sp³-hybridized carbons (Fsp3) is 0.222. The van der Waals surface area contributed by atoms with Crippen LogP contribution in [0.1, 0.15) is 38.2 Å².